The van der Waals surface area contributed by atoms with Crippen molar-refractivity contribution in [3.8, 4) is 5.75 Å². The molecular weight excluding hydrogens is 289 g/mol. The van der Waals surface area contributed by atoms with E-state index >= 15 is 0 Å². The molecule has 22 heavy (non-hydrogen) atoms. The van der Waals surface area contributed by atoms with Gasteiger partial charge in [-0.25, -0.2) is 9.18 Å². The van der Waals surface area contributed by atoms with Crippen molar-refractivity contribution in [2.45, 2.75) is 26.3 Å². The van der Waals surface area contributed by atoms with E-state index in [2.05, 4.69) is 16.0 Å². The summed E-state index contributed by atoms with van der Waals surface area (Å²) in [5.74, 6) is -0.211. The SMILES string of the molecule is CCCNC(=O)[C@@H](C)NC(=O)NCCOc1cccc(F)c1. The number of rotatable bonds is 8. The zero-order chi connectivity index (χ0) is 16.4. The van der Waals surface area contributed by atoms with E-state index in [1.165, 1.54) is 12.1 Å². The summed E-state index contributed by atoms with van der Waals surface area (Å²) in [5.41, 5.74) is 0. The van der Waals surface area contributed by atoms with Crippen LogP contribution in [0.1, 0.15) is 20.3 Å². The Labute approximate surface area is 129 Å². The number of nitrogens with one attached hydrogen (secondary N) is 3. The van der Waals surface area contributed by atoms with Gasteiger partial charge in [-0.3, -0.25) is 4.79 Å². The number of hydrogen-bond acceptors (Lipinski definition) is 3. The second-order valence-corrected chi connectivity index (χ2v) is 4.72. The van der Waals surface area contributed by atoms with Crippen LogP contribution in [0.5, 0.6) is 5.75 Å². The highest BCUT2D eigenvalue weighted by molar-refractivity contribution is 5.86. The van der Waals surface area contributed by atoms with Gasteiger partial charge in [0.2, 0.25) is 5.91 Å². The third-order valence-corrected chi connectivity index (χ3v) is 2.74. The maximum absolute atomic E-state index is 12.9. The fourth-order valence-corrected chi connectivity index (χ4v) is 1.60. The summed E-state index contributed by atoms with van der Waals surface area (Å²) in [5, 5.41) is 7.77. The van der Waals surface area contributed by atoms with E-state index in [1.54, 1.807) is 19.1 Å². The second kappa shape index (κ2) is 9.59. The standard InChI is InChI=1S/C15H22FN3O3/c1-3-7-17-14(20)11(2)19-15(21)18-8-9-22-13-6-4-5-12(16)10-13/h4-6,10-11H,3,7-9H2,1-2H3,(H,17,20)(H2,18,19,21)/t11-/m1/s1. The molecule has 3 amide bonds. The Morgan fingerprint density at radius 3 is 2.73 bits per heavy atom. The van der Waals surface area contributed by atoms with Gasteiger partial charge in [-0.2, -0.15) is 0 Å². The van der Waals surface area contributed by atoms with Gasteiger partial charge in [-0.1, -0.05) is 13.0 Å². The first-order valence-electron chi connectivity index (χ1n) is 7.23. The minimum atomic E-state index is -0.615. The van der Waals surface area contributed by atoms with Crippen LogP contribution in [0.4, 0.5) is 9.18 Å². The van der Waals surface area contributed by atoms with E-state index in [0.29, 0.717) is 12.3 Å². The number of hydrogen-bond donors (Lipinski definition) is 3. The molecule has 0 saturated heterocycles. The summed E-state index contributed by atoms with van der Waals surface area (Å²) in [7, 11) is 0. The molecule has 1 rings (SSSR count). The molecule has 0 saturated carbocycles. The molecule has 7 heteroatoms. The summed E-state index contributed by atoms with van der Waals surface area (Å²) in [6, 6.07) is 4.69. The number of benzene rings is 1. The molecule has 3 N–H and O–H groups in total. The van der Waals surface area contributed by atoms with Crippen LogP contribution in [0.2, 0.25) is 0 Å². The van der Waals surface area contributed by atoms with Gasteiger partial charge in [-0.05, 0) is 25.5 Å². The summed E-state index contributed by atoms with van der Waals surface area (Å²) in [4.78, 5) is 23.1. The lowest BCUT2D eigenvalue weighted by molar-refractivity contribution is -0.122. The van der Waals surface area contributed by atoms with E-state index < -0.39 is 12.1 Å². The van der Waals surface area contributed by atoms with Crippen molar-refractivity contribution >= 4 is 11.9 Å². The zero-order valence-corrected chi connectivity index (χ0v) is 12.8. The molecular formula is C15H22FN3O3. The normalized spacial score (nSPS) is 11.4. The molecule has 0 bridgehead atoms. The number of carbonyl (C=O) groups excluding carboxylic acids is 2. The molecule has 0 aromatic heterocycles. The Bertz CT molecular complexity index is 497. The van der Waals surface area contributed by atoms with Crippen LogP contribution in [0.15, 0.2) is 24.3 Å². The third kappa shape index (κ3) is 6.92. The highest BCUT2D eigenvalue weighted by Gasteiger charge is 2.14. The highest BCUT2D eigenvalue weighted by atomic mass is 19.1. The van der Waals surface area contributed by atoms with Gasteiger partial charge in [0.15, 0.2) is 0 Å². The number of carbonyl (C=O) groups is 2. The number of halogens is 1. The van der Waals surface area contributed by atoms with Crippen LogP contribution in [0.25, 0.3) is 0 Å². The average Bonchev–Trinajstić information content (AvgIpc) is 2.49. The van der Waals surface area contributed by atoms with E-state index in [1.807, 2.05) is 6.92 Å². The molecule has 122 valence electrons. The Kier molecular flexibility index (Phi) is 7.74. The second-order valence-electron chi connectivity index (χ2n) is 4.72. The quantitative estimate of drug-likeness (QED) is 0.635. The maximum atomic E-state index is 12.9. The predicted octanol–water partition coefficient (Wildman–Crippen LogP) is 1.42. The van der Waals surface area contributed by atoms with Crippen molar-refractivity contribution in [3.63, 3.8) is 0 Å². The number of urea groups is 1. The molecule has 0 radical (unpaired) electrons. The summed E-state index contributed by atoms with van der Waals surface area (Å²) in [6.45, 7) is 4.57. The molecule has 0 aliphatic heterocycles. The molecule has 0 aliphatic rings. The van der Waals surface area contributed by atoms with E-state index in [4.69, 9.17) is 4.74 Å². The van der Waals surface area contributed by atoms with Crippen molar-refractivity contribution in [2.75, 3.05) is 19.7 Å². The van der Waals surface area contributed by atoms with Gasteiger partial charge in [0, 0.05) is 12.6 Å². The smallest absolute Gasteiger partial charge is 0.315 e. The van der Waals surface area contributed by atoms with Crippen LogP contribution in [-0.2, 0) is 4.79 Å². The van der Waals surface area contributed by atoms with E-state index in [9.17, 15) is 14.0 Å². The lowest BCUT2D eigenvalue weighted by Gasteiger charge is -2.14. The monoisotopic (exact) mass is 311 g/mol. The van der Waals surface area contributed by atoms with Crippen LogP contribution in [0, 0.1) is 5.82 Å². The summed E-state index contributed by atoms with van der Waals surface area (Å²) >= 11 is 0. The molecule has 0 heterocycles. The predicted molar refractivity (Wildman–Crippen MR) is 81.2 cm³/mol. The first-order valence-corrected chi connectivity index (χ1v) is 7.23. The lowest BCUT2D eigenvalue weighted by atomic mass is 10.3. The van der Waals surface area contributed by atoms with Crippen molar-refractivity contribution in [1.29, 1.82) is 0 Å². The number of ether oxygens (including phenoxy) is 1. The first kappa shape index (κ1) is 17.7. The van der Waals surface area contributed by atoms with Gasteiger partial charge in [-0.15, -0.1) is 0 Å². The topological polar surface area (TPSA) is 79.5 Å². The maximum Gasteiger partial charge on any atom is 0.315 e. The average molecular weight is 311 g/mol. The van der Waals surface area contributed by atoms with Crippen LogP contribution < -0.4 is 20.7 Å². The van der Waals surface area contributed by atoms with Crippen molar-refractivity contribution in [1.82, 2.24) is 16.0 Å². The largest absolute Gasteiger partial charge is 0.492 e. The summed E-state index contributed by atoms with van der Waals surface area (Å²) in [6.07, 6.45) is 0.835. The minimum Gasteiger partial charge on any atom is -0.492 e. The van der Waals surface area contributed by atoms with Gasteiger partial charge in [0.1, 0.15) is 24.2 Å². The van der Waals surface area contributed by atoms with Crippen molar-refractivity contribution in [2.24, 2.45) is 0 Å². The van der Waals surface area contributed by atoms with Crippen molar-refractivity contribution < 1.29 is 18.7 Å². The molecule has 6 nitrogen and oxygen atoms in total. The van der Waals surface area contributed by atoms with Gasteiger partial charge >= 0.3 is 6.03 Å². The Morgan fingerprint density at radius 2 is 2.05 bits per heavy atom. The molecule has 1 aromatic carbocycles. The van der Waals surface area contributed by atoms with Crippen LogP contribution in [0.3, 0.4) is 0 Å². The minimum absolute atomic E-state index is 0.202. The Hall–Kier alpha value is -2.31. The Balaban J connectivity index is 2.19. The molecule has 0 unspecified atom stereocenters. The van der Waals surface area contributed by atoms with Gasteiger partial charge in [0.25, 0.3) is 0 Å². The molecule has 0 spiro atoms. The van der Waals surface area contributed by atoms with Crippen molar-refractivity contribution in [3.05, 3.63) is 30.1 Å². The van der Waals surface area contributed by atoms with Gasteiger partial charge < -0.3 is 20.7 Å². The fraction of sp³-hybridized carbons (Fsp3) is 0.467. The molecule has 1 aromatic rings. The summed E-state index contributed by atoms with van der Waals surface area (Å²) < 4.78 is 18.2. The molecule has 0 fully saturated rings. The lowest BCUT2D eigenvalue weighted by Crippen LogP contribution is -2.49. The van der Waals surface area contributed by atoms with Crippen LogP contribution in [-0.4, -0.2) is 37.7 Å². The third-order valence-electron chi connectivity index (χ3n) is 2.74. The Morgan fingerprint density at radius 1 is 1.27 bits per heavy atom. The highest BCUT2D eigenvalue weighted by Crippen LogP contribution is 2.11. The van der Waals surface area contributed by atoms with Gasteiger partial charge in [0.05, 0.1) is 6.54 Å². The van der Waals surface area contributed by atoms with Crippen LogP contribution >= 0.6 is 0 Å². The molecule has 0 aliphatic carbocycles. The fourth-order valence-electron chi connectivity index (χ4n) is 1.60. The van der Waals surface area contributed by atoms with E-state index in [-0.39, 0.29) is 24.9 Å². The number of amides is 3. The van der Waals surface area contributed by atoms with E-state index in [0.717, 1.165) is 6.42 Å². The first-order chi connectivity index (χ1) is 10.5. The molecule has 1 atom stereocenters. The zero-order valence-electron chi connectivity index (χ0n) is 12.8.